The van der Waals surface area contributed by atoms with Crippen LogP contribution in [0.3, 0.4) is 0 Å². The molecule has 1 atom stereocenters. The average Bonchev–Trinajstić information content (AvgIpc) is 2.70. The van der Waals surface area contributed by atoms with Gasteiger partial charge in [0.2, 0.25) is 5.91 Å². The maximum absolute atomic E-state index is 12.9. The third-order valence-corrected chi connectivity index (χ3v) is 6.27. The largest absolute Gasteiger partial charge is 0.339 e. The summed E-state index contributed by atoms with van der Waals surface area (Å²) >= 11 is 7.38. The van der Waals surface area contributed by atoms with Crippen molar-refractivity contribution in [3.8, 4) is 0 Å². The van der Waals surface area contributed by atoms with Gasteiger partial charge in [-0.15, -0.1) is 6.58 Å². The van der Waals surface area contributed by atoms with Gasteiger partial charge < -0.3 is 9.80 Å². The number of carbonyl (C=O) groups is 1. The van der Waals surface area contributed by atoms with E-state index in [1.807, 2.05) is 11.8 Å². The van der Waals surface area contributed by atoms with Gasteiger partial charge in [-0.05, 0) is 31.7 Å². The van der Waals surface area contributed by atoms with Gasteiger partial charge in [0.25, 0.3) is 5.56 Å². The van der Waals surface area contributed by atoms with E-state index >= 15 is 0 Å². The number of benzene rings is 1. The molecule has 1 saturated heterocycles. The van der Waals surface area contributed by atoms with E-state index in [1.54, 1.807) is 28.8 Å². The molecule has 28 heavy (non-hydrogen) atoms. The van der Waals surface area contributed by atoms with Crippen molar-refractivity contribution in [1.82, 2.24) is 19.4 Å². The normalized spacial score (nSPS) is 16.3. The number of fused-ring (bicyclic) bond motifs is 1. The monoisotopic (exact) mass is 420 g/mol. The summed E-state index contributed by atoms with van der Waals surface area (Å²) in [5.74, 6) is 0.0753. The van der Waals surface area contributed by atoms with Gasteiger partial charge in [-0.2, -0.15) is 0 Å². The second kappa shape index (κ2) is 9.11. The highest BCUT2D eigenvalue weighted by atomic mass is 35.5. The predicted molar refractivity (Wildman–Crippen MR) is 115 cm³/mol. The molecule has 1 fully saturated rings. The van der Waals surface area contributed by atoms with Crippen molar-refractivity contribution in [2.45, 2.75) is 30.8 Å². The molecule has 2 heterocycles. The van der Waals surface area contributed by atoms with E-state index in [0.717, 1.165) is 32.7 Å². The summed E-state index contributed by atoms with van der Waals surface area (Å²) in [6.07, 6.45) is 1.66. The number of hydrogen-bond acceptors (Lipinski definition) is 5. The molecule has 6 nitrogen and oxygen atoms in total. The van der Waals surface area contributed by atoms with Crippen LogP contribution in [0.4, 0.5) is 0 Å². The van der Waals surface area contributed by atoms with Gasteiger partial charge in [0.05, 0.1) is 16.2 Å². The van der Waals surface area contributed by atoms with Gasteiger partial charge in [0.1, 0.15) is 0 Å². The zero-order valence-electron chi connectivity index (χ0n) is 16.2. The Morgan fingerprint density at radius 1 is 1.36 bits per heavy atom. The average molecular weight is 421 g/mol. The molecule has 1 aliphatic heterocycles. The lowest BCUT2D eigenvalue weighted by atomic mass is 10.2. The summed E-state index contributed by atoms with van der Waals surface area (Å²) in [5.41, 5.74) is 0.386. The number of halogens is 1. The molecule has 1 amide bonds. The number of rotatable bonds is 6. The molecule has 0 bridgehead atoms. The molecule has 3 rings (SSSR count). The zero-order chi connectivity index (χ0) is 20.3. The highest BCUT2D eigenvalue weighted by molar-refractivity contribution is 8.00. The van der Waals surface area contributed by atoms with Crippen molar-refractivity contribution < 1.29 is 4.79 Å². The van der Waals surface area contributed by atoms with Crippen LogP contribution in [0.1, 0.15) is 13.8 Å². The number of likely N-dealkylation sites (N-methyl/N-ethyl adjacent to an activating group) is 1. The van der Waals surface area contributed by atoms with Crippen molar-refractivity contribution >= 4 is 40.2 Å². The van der Waals surface area contributed by atoms with Crippen LogP contribution in [0.5, 0.6) is 0 Å². The molecular formula is C20H25ClN4O2S. The first-order valence-electron chi connectivity index (χ1n) is 9.43. The van der Waals surface area contributed by atoms with E-state index in [2.05, 4.69) is 23.4 Å². The Hall–Kier alpha value is -1.83. The van der Waals surface area contributed by atoms with Crippen LogP contribution < -0.4 is 5.56 Å². The van der Waals surface area contributed by atoms with Crippen molar-refractivity contribution in [1.29, 1.82) is 0 Å². The van der Waals surface area contributed by atoms with Gasteiger partial charge in [-0.25, -0.2) is 4.98 Å². The molecule has 0 unspecified atom stereocenters. The Labute approximate surface area is 174 Å². The Morgan fingerprint density at radius 3 is 2.71 bits per heavy atom. The summed E-state index contributed by atoms with van der Waals surface area (Å²) in [6, 6.07) is 5.04. The Bertz CT molecular complexity index is 938. The Balaban J connectivity index is 1.86. The number of thioether (sulfide) groups is 1. The van der Waals surface area contributed by atoms with E-state index in [9.17, 15) is 9.59 Å². The minimum atomic E-state index is -0.340. The standard InChI is InChI=1S/C20H25ClN4O2S/c1-4-8-25-19(27)16-7-6-15(21)13-17(16)22-20(25)28-14(3)18(26)24-11-9-23(5-2)10-12-24/h4,6-7,13-14H,1,5,8-12H2,2-3H3/t14-/m1/s1. The molecule has 0 aliphatic carbocycles. The number of hydrogen-bond donors (Lipinski definition) is 0. The van der Waals surface area contributed by atoms with E-state index in [1.165, 1.54) is 11.8 Å². The highest BCUT2D eigenvalue weighted by Gasteiger charge is 2.26. The number of piperazine rings is 1. The van der Waals surface area contributed by atoms with Crippen molar-refractivity contribution in [3.05, 3.63) is 46.2 Å². The van der Waals surface area contributed by atoms with Crippen molar-refractivity contribution in [2.75, 3.05) is 32.7 Å². The Kier molecular flexibility index (Phi) is 6.80. The fourth-order valence-corrected chi connectivity index (χ4v) is 4.47. The molecule has 150 valence electrons. The first-order valence-corrected chi connectivity index (χ1v) is 10.7. The van der Waals surface area contributed by atoms with E-state index < -0.39 is 0 Å². The van der Waals surface area contributed by atoms with Crippen LogP contribution in [0.25, 0.3) is 10.9 Å². The minimum absolute atomic E-state index is 0.0753. The topological polar surface area (TPSA) is 58.4 Å². The predicted octanol–water partition coefficient (Wildman–Crippen LogP) is 2.88. The lowest BCUT2D eigenvalue weighted by molar-refractivity contribution is -0.132. The van der Waals surface area contributed by atoms with Crippen molar-refractivity contribution in [3.63, 3.8) is 0 Å². The smallest absolute Gasteiger partial charge is 0.262 e. The van der Waals surface area contributed by atoms with Gasteiger partial charge in [-0.1, -0.05) is 36.4 Å². The molecule has 1 aromatic carbocycles. The molecule has 1 aliphatic rings. The van der Waals surface area contributed by atoms with Crippen LogP contribution in [0.2, 0.25) is 5.02 Å². The van der Waals surface area contributed by atoms with E-state index in [4.69, 9.17) is 11.6 Å². The molecule has 0 N–H and O–H groups in total. The van der Waals surface area contributed by atoms with Gasteiger partial charge in [0, 0.05) is 37.7 Å². The molecular weight excluding hydrogens is 396 g/mol. The van der Waals surface area contributed by atoms with Crippen molar-refractivity contribution in [2.24, 2.45) is 0 Å². The summed E-state index contributed by atoms with van der Waals surface area (Å²) < 4.78 is 1.56. The Morgan fingerprint density at radius 2 is 2.07 bits per heavy atom. The summed E-state index contributed by atoms with van der Waals surface area (Å²) in [4.78, 5) is 34.6. The number of amides is 1. The molecule has 0 radical (unpaired) electrons. The molecule has 2 aromatic rings. The lowest BCUT2D eigenvalue weighted by Crippen LogP contribution is -2.50. The molecule has 8 heteroatoms. The van der Waals surface area contributed by atoms with Gasteiger partial charge in [-0.3, -0.25) is 14.2 Å². The highest BCUT2D eigenvalue weighted by Crippen LogP contribution is 2.25. The third-order valence-electron chi connectivity index (χ3n) is 4.96. The third kappa shape index (κ3) is 4.42. The summed E-state index contributed by atoms with van der Waals surface area (Å²) in [5, 5.41) is 1.19. The van der Waals surface area contributed by atoms with Crippen LogP contribution in [-0.4, -0.2) is 63.2 Å². The second-order valence-corrected chi connectivity index (χ2v) is 8.52. The number of allylic oxidation sites excluding steroid dienone is 1. The summed E-state index contributed by atoms with van der Waals surface area (Å²) in [7, 11) is 0. The quantitative estimate of drug-likeness (QED) is 0.408. The first kappa shape index (κ1) is 20.9. The maximum Gasteiger partial charge on any atom is 0.262 e. The lowest BCUT2D eigenvalue weighted by Gasteiger charge is -2.35. The van der Waals surface area contributed by atoms with Gasteiger partial charge >= 0.3 is 0 Å². The van der Waals surface area contributed by atoms with Crippen LogP contribution in [0.15, 0.2) is 40.8 Å². The summed E-state index contributed by atoms with van der Waals surface area (Å²) in [6.45, 7) is 12.3. The van der Waals surface area contributed by atoms with Gasteiger partial charge in [0.15, 0.2) is 5.16 Å². The SMILES string of the molecule is C=CCn1c(S[C@H](C)C(=O)N2CCN(CC)CC2)nc2cc(Cl)ccc2c1=O. The van der Waals surface area contributed by atoms with E-state index in [0.29, 0.717) is 27.6 Å². The second-order valence-electron chi connectivity index (χ2n) is 6.78. The van der Waals surface area contributed by atoms with Crippen LogP contribution >= 0.6 is 23.4 Å². The van der Waals surface area contributed by atoms with E-state index in [-0.39, 0.29) is 16.7 Å². The fraction of sp³-hybridized carbons (Fsp3) is 0.450. The first-order chi connectivity index (χ1) is 13.4. The minimum Gasteiger partial charge on any atom is -0.339 e. The number of carbonyl (C=O) groups excluding carboxylic acids is 1. The fourth-order valence-electron chi connectivity index (χ4n) is 3.30. The molecule has 0 saturated carbocycles. The number of aromatic nitrogens is 2. The zero-order valence-corrected chi connectivity index (χ0v) is 17.8. The molecule has 0 spiro atoms. The maximum atomic E-state index is 12.9. The molecule has 1 aromatic heterocycles. The van der Waals surface area contributed by atoms with Crippen LogP contribution in [0, 0.1) is 0 Å². The van der Waals surface area contributed by atoms with Crippen LogP contribution in [-0.2, 0) is 11.3 Å². The number of nitrogens with zero attached hydrogens (tertiary/aromatic N) is 4.